The van der Waals surface area contributed by atoms with Gasteiger partial charge in [-0.3, -0.25) is 9.59 Å². The molecule has 0 aromatic heterocycles. The topological polar surface area (TPSA) is 83.6 Å². The normalized spacial score (nSPS) is 13.5. The van der Waals surface area contributed by atoms with E-state index in [1.807, 2.05) is 44.2 Å². The third-order valence-corrected chi connectivity index (χ3v) is 3.62. The first kappa shape index (κ1) is 17.2. The van der Waals surface area contributed by atoms with Crippen molar-refractivity contribution in [2.24, 2.45) is 5.73 Å². The zero-order valence-electron chi connectivity index (χ0n) is 12.7. The summed E-state index contributed by atoms with van der Waals surface area (Å²) in [6.07, 6.45) is 1.91. The lowest BCUT2D eigenvalue weighted by Crippen LogP contribution is -2.49. The van der Waals surface area contributed by atoms with Crippen LogP contribution in [-0.4, -0.2) is 40.5 Å². The third kappa shape index (κ3) is 5.55. The Bertz CT molecular complexity index is 462. The van der Waals surface area contributed by atoms with Crippen LogP contribution in [0.25, 0.3) is 0 Å². The maximum absolute atomic E-state index is 12.3. The van der Waals surface area contributed by atoms with E-state index in [1.165, 1.54) is 4.90 Å². The molecule has 0 spiro atoms. The lowest BCUT2D eigenvalue weighted by atomic mass is 10.0. The predicted molar refractivity (Wildman–Crippen MR) is 81.8 cm³/mol. The maximum atomic E-state index is 12.3. The molecule has 0 aliphatic carbocycles. The van der Waals surface area contributed by atoms with Crippen LogP contribution in [0, 0.1) is 0 Å². The van der Waals surface area contributed by atoms with E-state index in [-0.39, 0.29) is 18.5 Å². The number of carbonyl (C=O) groups excluding carboxylic acids is 1. The van der Waals surface area contributed by atoms with E-state index in [9.17, 15) is 9.59 Å². The van der Waals surface area contributed by atoms with E-state index in [0.29, 0.717) is 19.3 Å². The van der Waals surface area contributed by atoms with Crippen molar-refractivity contribution in [1.29, 1.82) is 0 Å². The van der Waals surface area contributed by atoms with Crippen LogP contribution in [0.4, 0.5) is 0 Å². The monoisotopic (exact) mass is 292 g/mol. The van der Waals surface area contributed by atoms with Crippen molar-refractivity contribution in [3.8, 4) is 0 Å². The minimum Gasteiger partial charge on any atom is -0.480 e. The molecular formula is C16H24N2O3. The largest absolute Gasteiger partial charge is 0.480 e. The molecule has 116 valence electrons. The fourth-order valence-electron chi connectivity index (χ4n) is 2.12. The van der Waals surface area contributed by atoms with Crippen LogP contribution in [0.1, 0.15) is 32.3 Å². The molecule has 1 aromatic carbocycles. The molecule has 1 rings (SSSR count). The Kier molecular flexibility index (Phi) is 6.88. The van der Waals surface area contributed by atoms with Crippen molar-refractivity contribution >= 4 is 11.9 Å². The Morgan fingerprint density at radius 1 is 1.29 bits per heavy atom. The van der Waals surface area contributed by atoms with Crippen LogP contribution in [0.2, 0.25) is 0 Å². The zero-order valence-corrected chi connectivity index (χ0v) is 12.7. The Labute approximate surface area is 125 Å². The predicted octanol–water partition coefficient (Wildman–Crippen LogP) is 1.66. The summed E-state index contributed by atoms with van der Waals surface area (Å²) in [5, 5.41) is 8.93. The van der Waals surface area contributed by atoms with E-state index in [0.717, 1.165) is 5.56 Å². The van der Waals surface area contributed by atoms with E-state index < -0.39 is 12.0 Å². The summed E-state index contributed by atoms with van der Waals surface area (Å²) in [6, 6.07) is 9.00. The molecule has 5 heteroatoms. The number of carboxylic acids is 1. The van der Waals surface area contributed by atoms with E-state index in [1.54, 1.807) is 0 Å². The first-order valence-electron chi connectivity index (χ1n) is 7.27. The molecule has 1 aromatic rings. The first-order chi connectivity index (χ1) is 9.95. The highest BCUT2D eigenvalue weighted by molar-refractivity contribution is 5.85. The van der Waals surface area contributed by atoms with Gasteiger partial charge in [0.15, 0.2) is 0 Å². The second-order valence-electron chi connectivity index (χ2n) is 5.25. The number of aryl methyl sites for hydroxylation is 1. The Morgan fingerprint density at radius 2 is 1.90 bits per heavy atom. The average Bonchev–Trinajstić information content (AvgIpc) is 2.49. The summed E-state index contributed by atoms with van der Waals surface area (Å²) < 4.78 is 0. The van der Waals surface area contributed by atoms with Crippen LogP contribution < -0.4 is 5.73 Å². The van der Waals surface area contributed by atoms with E-state index in [4.69, 9.17) is 10.8 Å². The number of amides is 1. The Hall–Kier alpha value is -1.88. The van der Waals surface area contributed by atoms with Gasteiger partial charge in [0.1, 0.15) is 6.54 Å². The van der Waals surface area contributed by atoms with Crippen molar-refractivity contribution in [2.45, 2.75) is 45.2 Å². The number of aliphatic carboxylic acids is 1. The molecule has 0 aliphatic heterocycles. The van der Waals surface area contributed by atoms with Gasteiger partial charge in [0.2, 0.25) is 5.91 Å². The van der Waals surface area contributed by atoms with Gasteiger partial charge in [-0.1, -0.05) is 37.3 Å². The summed E-state index contributed by atoms with van der Waals surface area (Å²) in [6.45, 7) is 3.46. The minimum atomic E-state index is -1.01. The Morgan fingerprint density at radius 3 is 2.43 bits per heavy atom. The van der Waals surface area contributed by atoms with Crippen LogP contribution in [0.15, 0.2) is 30.3 Å². The maximum Gasteiger partial charge on any atom is 0.323 e. The average molecular weight is 292 g/mol. The zero-order chi connectivity index (χ0) is 15.8. The molecule has 2 atom stereocenters. The molecule has 0 heterocycles. The number of benzene rings is 1. The summed E-state index contributed by atoms with van der Waals surface area (Å²) in [5.74, 6) is -1.30. The molecule has 21 heavy (non-hydrogen) atoms. The quantitative estimate of drug-likeness (QED) is 0.763. The Balaban J connectivity index is 2.62. The van der Waals surface area contributed by atoms with Crippen molar-refractivity contribution in [3.63, 3.8) is 0 Å². The highest BCUT2D eigenvalue weighted by atomic mass is 16.4. The fraction of sp³-hybridized carbons (Fsp3) is 0.500. The molecule has 1 amide bonds. The molecule has 5 nitrogen and oxygen atoms in total. The number of carboxylic acid groups (broad SMARTS) is 1. The number of hydrogen-bond donors (Lipinski definition) is 2. The molecule has 0 saturated heterocycles. The number of nitrogens with two attached hydrogens (primary N) is 1. The van der Waals surface area contributed by atoms with Gasteiger partial charge >= 0.3 is 5.97 Å². The van der Waals surface area contributed by atoms with Crippen LogP contribution in [-0.2, 0) is 16.0 Å². The van der Waals surface area contributed by atoms with Crippen LogP contribution in [0.5, 0.6) is 0 Å². The lowest BCUT2D eigenvalue weighted by Gasteiger charge is -2.29. The molecule has 0 aliphatic rings. The van der Waals surface area contributed by atoms with Gasteiger partial charge in [0.25, 0.3) is 0 Å². The van der Waals surface area contributed by atoms with Crippen molar-refractivity contribution < 1.29 is 14.7 Å². The second-order valence-corrected chi connectivity index (χ2v) is 5.25. The van der Waals surface area contributed by atoms with Gasteiger partial charge in [-0.05, 0) is 31.7 Å². The molecule has 0 saturated carbocycles. The summed E-state index contributed by atoms with van der Waals surface area (Å²) in [5.41, 5.74) is 7.07. The highest BCUT2D eigenvalue weighted by Crippen LogP contribution is 2.10. The molecular weight excluding hydrogens is 268 g/mol. The molecule has 0 radical (unpaired) electrons. The van der Waals surface area contributed by atoms with Crippen LogP contribution in [0.3, 0.4) is 0 Å². The van der Waals surface area contributed by atoms with Crippen molar-refractivity contribution in [1.82, 2.24) is 4.90 Å². The van der Waals surface area contributed by atoms with Crippen molar-refractivity contribution in [3.05, 3.63) is 35.9 Å². The smallest absolute Gasteiger partial charge is 0.323 e. The highest BCUT2D eigenvalue weighted by Gasteiger charge is 2.26. The standard InChI is InChI=1S/C16H24N2O3/c1-3-12(2)18(11-15(19)20)16(21)14(17)10-9-13-7-5-4-6-8-13/h4-8,12,14H,3,9-11,17H2,1-2H3,(H,19,20). The van der Waals surface area contributed by atoms with Crippen LogP contribution >= 0.6 is 0 Å². The van der Waals surface area contributed by atoms with E-state index >= 15 is 0 Å². The molecule has 3 N–H and O–H groups in total. The third-order valence-electron chi connectivity index (χ3n) is 3.62. The number of nitrogens with zero attached hydrogens (tertiary/aromatic N) is 1. The molecule has 2 unspecified atom stereocenters. The fourth-order valence-corrected chi connectivity index (χ4v) is 2.12. The van der Waals surface area contributed by atoms with Gasteiger partial charge in [-0.15, -0.1) is 0 Å². The number of rotatable bonds is 8. The van der Waals surface area contributed by atoms with Gasteiger partial charge in [0.05, 0.1) is 6.04 Å². The first-order valence-corrected chi connectivity index (χ1v) is 7.27. The second kappa shape index (κ2) is 8.42. The van der Waals surface area contributed by atoms with Crippen molar-refractivity contribution in [2.75, 3.05) is 6.54 Å². The van der Waals surface area contributed by atoms with E-state index in [2.05, 4.69) is 0 Å². The number of carbonyl (C=O) groups is 2. The van der Waals surface area contributed by atoms with Gasteiger partial charge in [-0.25, -0.2) is 0 Å². The molecule has 0 bridgehead atoms. The SMILES string of the molecule is CCC(C)N(CC(=O)O)C(=O)C(N)CCc1ccccc1. The van der Waals surface area contributed by atoms with Gasteiger partial charge in [-0.2, -0.15) is 0 Å². The molecule has 0 fully saturated rings. The summed E-state index contributed by atoms with van der Waals surface area (Å²) in [4.78, 5) is 24.6. The lowest BCUT2D eigenvalue weighted by molar-refractivity contribution is -0.146. The minimum absolute atomic E-state index is 0.128. The summed E-state index contributed by atoms with van der Waals surface area (Å²) in [7, 11) is 0. The summed E-state index contributed by atoms with van der Waals surface area (Å²) >= 11 is 0. The van der Waals surface area contributed by atoms with Gasteiger partial charge in [0, 0.05) is 6.04 Å². The number of hydrogen-bond acceptors (Lipinski definition) is 3. The van der Waals surface area contributed by atoms with Gasteiger partial charge < -0.3 is 15.7 Å².